The van der Waals surface area contributed by atoms with Crippen LogP contribution < -0.4 is 5.73 Å². The number of nitrogens with zero attached hydrogens (tertiary/aromatic N) is 1. The fourth-order valence-electron chi connectivity index (χ4n) is 1.80. The minimum Gasteiger partial charge on any atom is -0.395 e. The Morgan fingerprint density at radius 2 is 2.12 bits per heavy atom. The number of nitrogens with two attached hydrogens (primary N) is 1. The third-order valence-electron chi connectivity index (χ3n) is 2.73. The highest BCUT2D eigenvalue weighted by Gasteiger charge is 2.31. The van der Waals surface area contributed by atoms with Gasteiger partial charge in [0.15, 0.2) is 0 Å². The van der Waals surface area contributed by atoms with Gasteiger partial charge in [0.2, 0.25) is 5.95 Å². The number of alkyl halides is 2. The van der Waals surface area contributed by atoms with Crippen LogP contribution in [-0.2, 0) is 0 Å². The molecular formula is C11H10ClF3N2. The van der Waals surface area contributed by atoms with E-state index in [2.05, 4.69) is 4.98 Å². The van der Waals surface area contributed by atoms with Gasteiger partial charge >= 0.3 is 0 Å². The van der Waals surface area contributed by atoms with Gasteiger partial charge in [0.25, 0.3) is 5.92 Å². The van der Waals surface area contributed by atoms with E-state index in [0.29, 0.717) is 11.1 Å². The Bertz CT molecular complexity index is 486. The summed E-state index contributed by atoms with van der Waals surface area (Å²) in [5.41, 5.74) is 6.33. The number of anilines is 1. The van der Waals surface area contributed by atoms with Gasteiger partial charge in [-0.2, -0.15) is 4.39 Å². The van der Waals surface area contributed by atoms with Crippen molar-refractivity contribution >= 4 is 22.9 Å². The van der Waals surface area contributed by atoms with Gasteiger partial charge in [0.05, 0.1) is 5.69 Å². The zero-order chi connectivity index (χ0) is 12.6. The lowest BCUT2D eigenvalue weighted by Gasteiger charge is -2.22. The standard InChI is InChI=1S/C11H10ClF3N2/c12-8-5-7(9(16)10(13)17-8)6-1-3-11(14,15)4-2-6/h1,5H,2-4,16H2. The van der Waals surface area contributed by atoms with Crippen molar-refractivity contribution in [2.75, 3.05) is 5.73 Å². The Labute approximate surface area is 101 Å². The first-order valence-electron chi connectivity index (χ1n) is 5.08. The molecule has 1 aliphatic rings. The molecule has 0 fully saturated rings. The first kappa shape index (κ1) is 12.2. The van der Waals surface area contributed by atoms with E-state index < -0.39 is 11.9 Å². The maximum Gasteiger partial charge on any atom is 0.251 e. The maximum absolute atomic E-state index is 13.3. The number of halogens is 4. The Hall–Kier alpha value is -1.23. The normalized spacial score (nSPS) is 18.9. The van der Waals surface area contributed by atoms with Crippen molar-refractivity contribution in [2.45, 2.75) is 25.2 Å². The molecule has 17 heavy (non-hydrogen) atoms. The minimum atomic E-state index is -2.69. The van der Waals surface area contributed by atoms with Crippen LogP contribution in [-0.4, -0.2) is 10.9 Å². The maximum atomic E-state index is 13.3. The van der Waals surface area contributed by atoms with Crippen molar-refractivity contribution in [2.24, 2.45) is 0 Å². The van der Waals surface area contributed by atoms with Crippen molar-refractivity contribution in [1.29, 1.82) is 0 Å². The lowest BCUT2D eigenvalue weighted by Crippen LogP contribution is -2.18. The summed E-state index contributed by atoms with van der Waals surface area (Å²) < 4.78 is 39.2. The predicted octanol–water partition coefficient (Wildman–Crippen LogP) is 3.66. The predicted molar refractivity (Wildman–Crippen MR) is 60.4 cm³/mol. The van der Waals surface area contributed by atoms with Crippen LogP contribution in [0.2, 0.25) is 5.15 Å². The van der Waals surface area contributed by atoms with E-state index >= 15 is 0 Å². The van der Waals surface area contributed by atoms with Crippen LogP contribution in [0.25, 0.3) is 5.57 Å². The second kappa shape index (κ2) is 4.22. The van der Waals surface area contributed by atoms with E-state index in [1.807, 2.05) is 0 Å². The molecule has 1 aromatic rings. The molecule has 0 unspecified atom stereocenters. The Morgan fingerprint density at radius 3 is 2.71 bits per heavy atom. The highest BCUT2D eigenvalue weighted by molar-refractivity contribution is 6.29. The molecule has 0 aliphatic heterocycles. The van der Waals surface area contributed by atoms with E-state index in [-0.39, 0.29) is 30.1 Å². The van der Waals surface area contributed by atoms with Crippen molar-refractivity contribution in [3.8, 4) is 0 Å². The summed E-state index contributed by atoms with van der Waals surface area (Å²) in [5.74, 6) is -3.56. The number of aromatic nitrogens is 1. The fraction of sp³-hybridized carbons (Fsp3) is 0.364. The van der Waals surface area contributed by atoms with Crippen LogP contribution in [0, 0.1) is 5.95 Å². The van der Waals surface area contributed by atoms with Crippen LogP contribution in [0.4, 0.5) is 18.9 Å². The van der Waals surface area contributed by atoms with E-state index in [4.69, 9.17) is 17.3 Å². The van der Waals surface area contributed by atoms with Gasteiger partial charge in [-0.3, -0.25) is 0 Å². The van der Waals surface area contributed by atoms with E-state index in [1.165, 1.54) is 12.1 Å². The zero-order valence-corrected chi connectivity index (χ0v) is 9.57. The van der Waals surface area contributed by atoms with Crippen LogP contribution >= 0.6 is 11.6 Å². The summed E-state index contributed by atoms with van der Waals surface area (Å²) in [6, 6.07) is 1.40. The molecule has 0 saturated heterocycles. The number of nitrogen functional groups attached to an aromatic ring is 1. The molecule has 92 valence electrons. The fourth-order valence-corrected chi connectivity index (χ4v) is 1.98. The quantitative estimate of drug-likeness (QED) is 0.785. The lowest BCUT2D eigenvalue weighted by atomic mass is 9.91. The summed E-state index contributed by atoms with van der Waals surface area (Å²) in [7, 11) is 0. The molecule has 1 heterocycles. The van der Waals surface area contributed by atoms with Gasteiger partial charge in [-0.1, -0.05) is 17.7 Å². The van der Waals surface area contributed by atoms with Crippen molar-refractivity contribution < 1.29 is 13.2 Å². The molecule has 2 nitrogen and oxygen atoms in total. The first-order chi connectivity index (χ1) is 7.89. The Kier molecular flexibility index (Phi) is 3.03. The summed E-state index contributed by atoms with van der Waals surface area (Å²) in [4.78, 5) is 3.36. The molecule has 0 radical (unpaired) electrons. The van der Waals surface area contributed by atoms with Gasteiger partial charge in [-0.25, -0.2) is 13.8 Å². The lowest BCUT2D eigenvalue weighted by molar-refractivity contribution is -0.00602. The van der Waals surface area contributed by atoms with Crippen molar-refractivity contribution in [3.05, 3.63) is 28.8 Å². The number of hydrogen-bond donors (Lipinski definition) is 1. The third kappa shape index (κ3) is 2.54. The molecule has 0 amide bonds. The van der Waals surface area contributed by atoms with Gasteiger partial charge in [-0.05, 0) is 18.1 Å². The highest BCUT2D eigenvalue weighted by Crippen LogP contribution is 2.38. The van der Waals surface area contributed by atoms with Crippen LogP contribution in [0.5, 0.6) is 0 Å². The number of pyridine rings is 1. The Morgan fingerprint density at radius 1 is 1.41 bits per heavy atom. The third-order valence-corrected chi connectivity index (χ3v) is 2.93. The van der Waals surface area contributed by atoms with Gasteiger partial charge < -0.3 is 5.73 Å². The topological polar surface area (TPSA) is 38.9 Å². The second-order valence-corrected chi connectivity index (χ2v) is 4.37. The average molecular weight is 263 g/mol. The number of allylic oxidation sites excluding steroid dienone is 2. The molecule has 2 rings (SSSR count). The average Bonchev–Trinajstić information content (AvgIpc) is 2.24. The SMILES string of the molecule is Nc1c(C2=CCC(F)(F)CC2)cc(Cl)nc1F. The van der Waals surface area contributed by atoms with E-state index in [0.717, 1.165) is 0 Å². The zero-order valence-electron chi connectivity index (χ0n) is 8.81. The number of hydrogen-bond acceptors (Lipinski definition) is 2. The van der Waals surface area contributed by atoms with Crippen LogP contribution in [0.1, 0.15) is 24.8 Å². The summed E-state index contributed by atoms with van der Waals surface area (Å²) in [5, 5.41) is -0.0371. The van der Waals surface area contributed by atoms with Crippen LogP contribution in [0.3, 0.4) is 0 Å². The number of rotatable bonds is 1. The minimum absolute atomic E-state index is 0.0371. The van der Waals surface area contributed by atoms with E-state index in [9.17, 15) is 13.2 Å². The first-order valence-corrected chi connectivity index (χ1v) is 5.45. The van der Waals surface area contributed by atoms with Crippen molar-refractivity contribution in [3.63, 3.8) is 0 Å². The van der Waals surface area contributed by atoms with Crippen LogP contribution in [0.15, 0.2) is 12.1 Å². The molecule has 0 spiro atoms. The Balaban J connectivity index is 2.39. The molecular weight excluding hydrogens is 253 g/mol. The molecule has 0 saturated carbocycles. The van der Waals surface area contributed by atoms with E-state index in [1.54, 1.807) is 0 Å². The smallest absolute Gasteiger partial charge is 0.251 e. The highest BCUT2D eigenvalue weighted by atomic mass is 35.5. The van der Waals surface area contributed by atoms with Gasteiger partial charge in [0, 0.05) is 18.4 Å². The molecule has 1 aliphatic carbocycles. The molecule has 6 heteroatoms. The summed E-state index contributed by atoms with van der Waals surface area (Å²) in [6.07, 6.45) is 0.908. The molecule has 2 N–H and O–H groups in total. The molecule has 0 bridgehead atoms. The molecule has 0 atom stereocenters. The largest absolute Gasteiger partial charge is 0.395 e. The summed E-state index contributed by atoms with van der Waals surface area (Å²) >= 11 is 5.62. The molecule has 0 aromatic carbocycles. The van der Waals surface area contributed by atoms with Gasteiger partial charge in [0.1, 0.15) is 5.15 Å². The van der Waals surface area contributed by atoms with Gasteiger partial charge in [-0.15, -0.1) is 0 Å². The molecule has 1 aromatic heterocycles. The van der Waals surface area contributed by atoms with Crippen molar-refractivity contribution in [1.82, 2.24) is 4.98 Å². The monoisotopic (exact) mass is 262 g/mol. The summed E-state index contributed by atoms with van der Waals surface area (Å²) in [6.45, 7) is 0. The second-order valence-electron chi connectivity index (χ2n) is 3.99.